The first-order valence-electron chi connectivity index (χ1n) is 10.9. The van der Waals surface area contributed by atoms with Gasteiger partial charge in [0.1, 0.15) is 11.5 Å². The Morgan fingerprint density at radius 2 is 2.09 bits per heavy atom. The predicted octanol–water partition coefficient (Wildman–Crippen LogP) is 1.51. The fraction of sp³-hybridized carbons (Fsp3) is 0.500. The summed E-state index contributed by atoms with van der Waals surface area (Å²) in [5.41, 5.74) is -0.496. The van der Waals surface area contributed by atoms with E-state index in [1.807, 2.05) is 25.6 Å². The van der Waals surface area contributed by atoms with Crippen LogP contribution in [0.2, 0.25) is 0 Å². The summed E-state index contributed by atoms with van der Waals surface area (Å²) in [6.07, 6.45) is 3.01. The Morgan fingerprint density at radius 1 is 1.30 bits per heavy atom. The van der Waals surface area contributed by atoms with E-state index in [1.165, 1.54) is 11.1 Å². The highest BCUT2D eigenvalue weighted by molar-refractivity contribution is 7.99. The second-order valence-corrected chi connectivity index (χ2v) is 10.3. The number of pyridine rings is 1. The fourth-order valence-electron chi connectivity index (χ4n) is 4.24. The van der Waals surface area contributed by atoms with Gasteiger partial charge >= 0.3 is 6.03 Å². The molecule has 1 aromatic heterocycles. The zero-order valence-electron chi connectivity index (χ0n) is 19.0. The molecule has 0 radical (unpaired) electrons. The number of nitrogens with zero attached hydrogens (tertiary/aromatic N) is 3. The Labute approximate surface area is 197 Å². The molecule has 4 heterocycles. The van der Waals surface area contributed by atoms with E-state index < -0.39 is 11.3 Å². The number of thioether (sulfide) groups is 1. The van der Waals surface area contributed by atoms with Gasteiger partial charge in [0, 0.05) is 31.0 Å². The molecule has 0 aromatic carbocycles. The lowest BCUT2D eigenvalue weighted by Crippen LogP contribution is -2.43. The Hall–Kier alpha value is -3.08. The van der Waals surface area contributed by atoms with Crippen LogP contribution in [0.5, 0.6) is 0 Å². The van der Waals surface area contributed by atoms with Crippen LogP contribution in [-0.2, 0) is 4.79 Å². The molecule has 0 aliphatic carbocycles. The Kier molecular flexibility index (Phi) is 6.08. The van der Waals surface area contributed by atoms with Gasteiger partial charge in [-0.3, -0.25) is 24.8 Å². The molecule has 10 nitrogen and oxygen atoms in total. The van der Waals surface area contributed by atoms with Crippen molar-refractivity contribution < 1.29 is 14.4 Å². The molecule has 176 valence electrons. The first kappa shape index (κ1) is 23.1. The minimum atomic E-state index is -0.539. The molecule has 1 spiro atoms. The standard InChI is InChI=1S/C22H29N7O3S/c1-21(2)7-9-28(19(21)31)17(23)15(11-24-3)26-18(30)14-5-4-6-16(25-14)29-12-22(27-20(29)32)8-10-33-13-22/h4-6,11,23-24H,7-10,12-13H2,1-3H3,(H,26,30)(H,27,32)/b15-11+,23-17?. The average molecular weight is 472 g/mol. The van der Waals surface area contributed by atoms with E-state index in [4.69, 9.17) is 5.41 Å². The topological polar surface area (TPSA) is 131 Å². The van der Waals surface area contributed by atoms with E-state index in [0.29, 0.717) is 25.3 Å². The van der Waals surface area contributed by atoms with Crippen LogP contribution in [-0.4, -0.2) is 70.7 Å². The zero-order chi connectivity index (χ0) is 23.8. The second kappa shape index (κ2) is 8.69. The van der Waals surface area contributed by atoms with Crippen molar-refractivity contribution in [1.82, 2.24) is 25.8 Å². The largest absolute Gasteiger partial charge is 0.392 e. The van der Waals surface area contributed by atoms with Crippen LogP contribution in [0, 0.1) is 10.8 Å². The molecule has 4 N–H and O–H groups in total. The number of amidine groups is 1. The third kappa shape index (κ3) is 4.41. The van der Waals surface area contributed by atoms with Crippen LogP contribution in [0.15, 0.2) is 30.1 Å². The summed E-state index contributed by atoms with van der Waals surface area (Å²) < 4.78 is 0. The summed E-state index contributed by atoms with van der Waals surface area (Å²) in [5, 5.41) is 17.1. The Balaban J connectivity index is 1.50. The van der Waals surface area contributed by atoms with Crippen molar-refractivity contribution in [3.8, 4) is 0 Å². The highest BCUT2D eigenvalue weighted by atomic mass is 32.2. The van der Waals surface area contributed by atoms with Crippen molar-refractivity contribution >= 4 is 41.3 Å². The van der Waals surface area contributed by atoms with Gasteiger partial charge in [-0.15, -0.1) is 0 Å². The van der Waals surface area contributed by atoms with Gasteiger partial charge in [-0.25, -0.2) is 9.78 Å². The molecule has 3 aliphatic rings. The third-order valence-electron chi connectivity index (χ3n) is 6.27. The number of rotatable bonds is 5. The third-order valence-corrected chi connectivity index (χ3v) is 7.52. The molecule has 0 bridgehead atoms. The number of anilines is 1. The van der Waals surface area contributed by atoms with Crippen molar-refractivity contribution in [2.24, 2.45) is 5.41 Å². The molecule has 3 saturated heterocycles. The molecule has 1 unspecified atom stereocenters. The summed E-state index contributed by atoms with van der Waals surface area (Å²) in [5.74, 6) is 1.51. The van der Waals surface area contributed by atoms with E-state index in [9.17, 15) is 14.4 Å². The first-order chi connectivity index (χ1) is 15.7. The van der Waals surface area contributed by atoms with Crippen molar-refractivity contribution in [3.05, 3.63) is 35.8 Å². The fourth-order valence-corrected chi connectivity index (χ4v) is 5.62. The van der Waals surface area contributed by atoms with Gasteiger partial charge in [0.05, 0.1) is 17.8 Å². The van der Waals surface area contributed by atoms with E-state index >= 15 is 0 Å². The second-order valence-electron chi connectivity index (χ2n) is 9.22. The first-order valence-corrected chi connectivity index (χ1v) is 12.1. The molecular formula is C22H29N7O3S. The maximum atomic E-state index is 13.0. The smallest absolute Gasteiger partial charge is 0.323 e. The van der Waals surface area contributed by atoms with E-state index in [0.717, 1.165) is 17.9 Å². The van der Waals surface area contributed by atoms with Gasteiger partial charge in [0.25, 0.3) is 5.91 Å². The normalized spacial score (nSPS) is 24.4. The lowest BCUT2D eigenvalue weighted by Gasteiger charge is -2.22. The molecule has 11 heteroatoms. The molecule has 33 heavy (non-hydrogen) atoms. The summed E-state index contributed by atoms with van der Waals surface area (Å²) in [4.78, 5) is 45.6. The molecule has 3 aliphatic heterocycles. The van der Waals surface area contributed by atoms with Crippen LogP contribution in [0.1, 0.15) is 37.2 Å². The Bertz CT molecular complexity index is 1030. The number of carbonyl (C=O) groups is 3. The summed E-state index contributed by atoms with van der Waals surface area (Å²) in [7, 11) is 1.65. The van der Waals surface area contributed by atoms with Gasteiger partial charge in [-0.05, 0) is 30.7 Å². The minimum absolute atomic E-state index is 0.0796. The number of amides is 4. The van der Waals surface area contributed by atoms with E-state index in [-0.39, 0.29) is 34.7 Å². The SMILES string of the molecule is CN/C=C(/NC(=O)c1cccc(N2CC3(CCSC3)NC2=O)n1)C(=N)N1CCC(C)(C)C1=O. The highest BCUT2D eigenvalue weighted by Crippen LogP contribution is 2.34. The number of hydrogen-bond acceptors (Lipinski definition) is 7. The van der Waals surface area contributed by atoms with Crippen molar-refractivity contribution in [3.63, 3.8) is 0 Å². The predicted molar refractivity (Wildman–Crippen MR) is 127 cm³/mol. The number of urea groups is 1. The maximum Gasteiger partial charge on any atom is 0.323 e. The molecular weight excluding hydrogens is 442 g/mol. The van der Waals surface area contributed by atoms with Crippen LogP contribution in [0.4, 0.5) is 10.6 Å². The summed E-state index contributed by atoms with van der Waals surface area (Å²) in [6, 6.07) is 4.72. The summed E-state index contributed by atoms with van der Waals surface area (Å²) in [6.45, 7) is 4.63. The number of aromatic nitrogens is 1. The van der Waals surface area contributed by atoms with Crippen molar-refractivity contribution in [2.75, 3.05) is 36.5 Å². The molecule has 0 saturated carbocycles. The molecule has 4 rings (SSSR count). The quantitative estimate of drug-likeness (QED) is 0.380. The van der Waals surface area contributed by atoms with Gasteiger partial charge in [-0.2, -0.15) is 11.8 Å². The number of carbonyl (C=O) groups excluding carboxylic acids is 3. The number of likely N-dealkylation sites (tertiary alicyclic amines) is 1. The van der Waals surface area contributed by atoms with Crippen LogP contribution >= 0.6 is 11.8 Å². The van der Waals surface area contributed by atoms with E-state index in [2.05, 4.69) is 20.9 Å². The van der Waals surface area contributed by atoms with Crippen LogP contribution in [0.3, 0.4) is 0 Å². The minimum Gasteiger partial charge on any atom is -0.392 e. The van der Waals surface area contributed by atoms with Gasteiger partial charge < -0.3 is 16.0 Å². The lowest BCUT2D eigenvalue weighted by atomic mass is 9.92. The number of hydrogen-bond donors (Lipinski definition) is 4. The maximum absolute atomic E-state index is 13.0. The molecule has 1 aromatic rings. The number of nitrogens with one attached hydrogen (secondary N) is 4. The van der Waals surface area contributed by atoms with Gasteiger partial charge in [-0.1, -0.05) is 19.9 Å². The molecule has 1 atom stereocenters. The summed E-state index contributed by atoms with van der Waals surface area (Å²) >= 11 is 1.82. The van der Waals surface area contributed by atoms with Crippen LogP contribution in [0.25, 0.3) is 0 Å². The van der Waals surface area contributed by atoms with Gasteiger partial charge in [0.15, 0.2) is 5.84 Å². The Morgan fingerprint density at radius 3 is 2.73 bits per heavy atom. The zero-order valence-corrected chi connectivity index (χ0v) is 19.8. The van der Waals surface area contributed by atoms with Gasteiger partial charge in [0.2, 0.25) is 5.91 Å². The molecule has 4 amide bonds. The van der Waals surface area contributed by atoms with E-state index in [1.54, 1.807) is 30.1 Å². The average Bonchev–Trinajstić information content (AvgIpc) is 3.45. The van der Waals surface area contributed by atoms with Crippen LogP contribution < -0.4 is 20.9 Å². The highest BCUT2D eigenvalue weighted by Gasteiger charge is 2.46. The van der Waals surface area contributed by atoms with Crippen molar-refractivity contribution in [2.45, 2.75) is 32.2 Å². The lowest BCUT2D eigenvalue weighted by molar-refractivity contribution is -0.131. The molecule has 3 fully saturated rings. The van der Waals surface area contributed by atoms with Crippen molar-refractivity contribution in [1.29, 1.82) is 5.41 Å². The monoisotopic (exact) mass is 471 g/mol.